The lowest BCUT2D eigenvalue weighted by Gasteiger charge is -2.35. The maximum absolute atomic E-state index is 13.4. The highest BCUT2D eigenvalue weighted by atomic mass is 19.4. The molecule has 1 fully saturated rings. The Bertz CT molecular complexity index is 1300. The number of methoxy groups -OCH3 is 1. The van der Waals surface area contributed by atoms with E-state index in [1.165, 1.54) is 0 Å². The van der Waals surface area contributed by atoms with E-state index in [1.54, 1.807) is 19.2 Å². The van der Waals surface area contributed by atoms with Crippen molar-refractivity contribution in [3.05, 3.63) is 53.6 Å². The molecule has 2 aromatic rings. The molecule has 47 heavy (non-hydrogen) atoms. The van der Waals surface area contributed by atoms with E-state index < -0.39 is 24.2 Å². The van der Waals surface area contributed by atoms with Gasteiger partial charge >= 0.3 is 12.1 Å². The van der Waals surface area contributed by atoms with Gasteiger partial charge in [-0.05, 0) is 17.5 Å². The monoisotopic (exact) mass is 665 g/mol. The molecule has 260 valence electrons. The molecule has 1 amide bonds. The van der Waals surface area contributed by atoms with Crippen LogP contribution in [0.2, 0.25) is 0 Å². The van der Waals surface area contributed by atoms with E-state index in [1.807, 2.05) is 37.3 Å². The molecule has 11 nitrogen and oxygen atoms in total. The molecule has 0 aromatic heterocycles. The minimum Gasteiger partial charge on any atom is -0.493 e. The van der Waals surface area contributed by atoms with Gasteiger partial charge in [0.1, 0.15) is 5.75 Å². The zero-order chi connectivity index (χ0) is 34.2. The van der Waals surface area contributed by atoms with Crippen molar-refractivity contribution in [1.82, 2.24) is 15.1 Å². The molecule has 0 aliphatic carbocycles. The summed E-state index contributed by atoms with van der Waals surface area (Å²) in [4.78, 5) is 33.6. The molecule has 0 spiro atoms. The molecular weight excluding hydrogens is 619 g/mol. The van der Waals surface area contributed by atoms with Crippen LogP contribution in [0.3, 0.4) is 0 Å². The van der Waals surface area contributed by atoms with Crippen LogP contribution in [0.4, 0.5) is 13.2 Å². The van der Waals surface area contributed by atoms with Gasteiger partial charge in [-0.15, -0.1) is 0 Å². The van der Waals surface area contributed by atoms with Gasteiger partial charge in [-0.3, -0.25) is 24.9 Å². The van der Waals surface area contributed by atoms with Gasteiger partial charge in [0.2, 0.25) is 0 Å². The molecule has 1 saturated heterocycles. The number of hydrogen-bond donors (Lipinski definition) is 3. The smallest absolute Gasteiger partial charge is 0.490 e. The normalized spacial score (nSPS) is 15.3. The van der Waals surface area contributed by atoms with Crippen molar-refractivity contribution >= 4 is 17.8 Å². The summed E-state index contributed by atoms with van der Waals surface area (Å²) in [5.74, 6) is -3.28. The quantitative estimate of drug-likeness (QED) is 0.101. The Balaban J connectivity index is 2.06. The van der Waals surface area contributed by atoms with Crippen molar-refractivity contribution in [2.45, 2.75) is 51.4 Å². The Kier molecular flexibility index (Phi) is 15.4. The standard InChI is InChI=1S/C33H46F3N5O6/c1-3-4-13-38-32(37)39-30(43)28(47-31(44)33(34,35)36)22-25-11-12-26(24-9-6-5-7-10-24)29(46-21-8-20-45-2)27(25)23-41-16-14-40(15-17-41)18-19-42/h5-7,9-12,28,42H,3-4,8,13-23H2,1-2H3,(H3,37,38,39,43). The first-order valence-electron chi connectivity index (χ1n) is 15.8. The predicted molar refractivity (Wildman–Crippen MR) is 172 cm³/mol. The number of esters is 1. The molecule has 1 atom stereocenters. The molecule has 1 heterocycles. The fourth-order valence-electron chi connectivity index (χ4n) is 5.14. The van der Waals surface area contributed by atoms with Gasteiger partial charge in [0.05, 0.1) is 13.2 Å². The fourth-order valence-corrected chi connectivity index (χ4v) is 5.14. The third-order valence-electron chi connectivity index (χ3n) is 7.67. The van der Waals surface area contributed by atoms with Gasteiger partial charge < -0.3 is 25.1 Å². The number of unbranched alkanes of at least 4 members (excludes halogenated alkanes) is 1. The van der Waals surface area contributed by atoms with Crippen LogP contribution >= 0.6 is 0 Å². The topological polar surface area (TPSA) is 139 Å². The summed E-state index contributed by atoms with van der Waals surface area (Å²) >= 11 is 0. The van der Waals surface area contributed by atoms with Crippen LogP contribution in [0.25, 0.3) is 11.1 Å². The van der Waals surface area contributed by atoms with E-state index >= 15 is 0 Å². The Labute approximate surface area is 273 Å². The summed E-state index contributed by atoms with van der Waals surface area (Å²) in [5, 5.41) is 11.7. The van der Waals surface area contributed by atoms with Crippen LogP contribution in [0.1, 0.15) is 37.3 Å². The van der Waals surface area contributed by atoms with E-state index in [2.05, 4.69) is 20.1 Å². The molecule has 1 aliphatic rings. The van der Waals surface area contributed by atoms with Gasteiger partial charge in [-0.25, -0.2) is 4.79 Å². The first-order chi connectivity index (χ1) is 22.6. The number of halogens is 3. The zero-order valence-electron chi connectivity index (χ0n) is 27.1. The van der Waals surface area contributed by atoms with E-state index in [4.69, 9.17) is 19.9 Å². The first-order valence-corrected chi connectivity index (χ1v) is 15.8. The zero-order valence-corrected chi connectivity index (χ0v) is 27.1. The number of nitrogens with two attached hydrogens (primary N) is 1. The Morgan fingerprint density at radius 1 is 1.04 bits per heavy atom. The number of guanidine groups is 1. The summed E-state index contributed by atoms with van der Waals surface area (Å²) in [6.45, 7) is 6.73. The summed E-state index contributed by atoms with van der Waals surface area (Å²) in [6, 6.07) is 13.0. The largest absolute Gasteiger partial charge is 0.493 e. The Morgan fingerprint density at radius 3 is 2.38 bits per heavy atom. The molecule has 4 N–H and O–H groups in total. The molecule has 1 aliphatic heterocycles. The van der Waals surface area contributed by atoms with Crippen LogP contribution in [-0.2, 0) is 32.0 Å². The second kappa shape index (κ2) is 19.2. The number of aliphatic imine (C=N–C) groups is 1. The summed E-state index contributed by atoms with van der Waals surface area (Å²) in [7, 11) is 1.59. The van der Waals surface area contributed by atoms with Crippen LogP contribution in [0.5, 0.6) is 5.75 Å². The van der Waals surface area contributed by atoms with Crippen LogP contribution in [0, 0.1) is 0 Å². The highest BCUT2D eigenvalue weighted by Crippen LogP contribution is 2.37. The fraction of sp³-hybridized carbons (Fsp3) is 0.545. The lowest BCUT2D eigenvalue weighted by molar-refractivity contribution is -0.205. The van der Waals surface area contributed by atoms with Crippen molar-refractivity contribution in [3.8, 4) is 16.9 Å². The van der Waals surface area contributed by atoms with Crippen molar-refractivity contribution < 1.29 is 42.1 Å². The van der Waals surface area contributed by atoms with Gasteiger partial charge in [-0.2, -0.15) is 13.2 Å². The molecule has 0 saturated carbocycles. The number of ether oxygens (including phenoxy) is 3. The van der Waals surface area contributed by atoms with Gasteiger partial charge in [0, 0.05) is 83.5 Å². The number of nitrogens with one attached hydrogen (secondary N) is 1. The number of carbonyl (C=O) groups is 2. The number of benzene rings is 2. The van der Waals surface area contributed by atoms with Gasteiger partial charge in [0.15, 0.2) is 12.1 Å². The van der Waals surface area contributed by atoms with E-state index in [0.717, 1.165) is 17.5 Å². The second-order valence-corrected chi connectivity index (χ2v) is 11.2. The summed E-state index contributed by atoms with van der Waals surface area (Å²) in [6.07, 6.45) is -5.46. The summed E-state index contributed by atoms with van der Waals surface area (Å²) < 4.78 is 56.4. The lowest BCUT2D eigenvalue weighted by atomic mass is 9.93. The number of rotatable bonds is 17. The SMILES string of the molecule is CCCCN=C(N)NC(=O)C(Cc1ccc(-c2ccccc2)c(OCCCOC)c1CN1CCN(CCO)CC1)OC(=O)C(F)(F)F. The van der Waals surface area contributed by atoms with Crippen molar-refractivity contribution in [1.29, 1.82) is 0 Å². The average molecular weight is 666 g/mol. The van der Waals surface area contributed by atoms with Crippen molar-refractivity contribution in [3.63, 3.8) is 0 Å². The van der Waals surface area contributed by atoms with Crippen LogP contribution in [-0.4, -0.2) is 111 Å². The molecule has 14 heteroatoms. The maximum atomic E-state index is 13.4. The molecule has 2 aromatic carbocycles. The Hall–Kier alpha value is -3.72. The molecule has 1 unspecified atom stereocenters. The lowest BCUT2D eigenvalue weighted by Crippen LogP contribution is -2.47. The van der Waals surface area contributed by atoms with Crippen molar-refractivity contribution in [2.24, 2.45) is 10.7 Å². The minimum absolute atomic E-state index is 0.0522. The third-order valence-corrected chi connectivity index (χ3v) is 7.67. The van der Waals surface area contributed by atoms with Gasteiger partial charge in [0.25, 0.3) is 5.91 Å². The maximum Gasteiger partial charge on any atom is 0.490 e. The number of nitrogens with zero attached hydrogens (tertiary/aromatic N) is 3. The number of hydrogen-bond acceptors (Lipinski definition) is 9. The second-order valence-electron chi connectivity index (χ2n) is 11.2. The van der Waals surface area contributed by atoms with Crippen molar-refractivity contribution in [2.75, 3.05) is 66.2 Å². The van der Waals surface area contributed by atoms with E-state index in [9.17, 15) is 27.9 Å². The van der Waals surface area contributed by atoms with Crippen LogP contribution < -0.4 is 15.8 Å². The highest BCUT2D eigenvalue weighted by Gasteiger charge is 2.43. The molecule has 0 radical (unpaired) electrons. The number of aliphatic hydroxyl groups is 1. The number of alkyl halides is 3. The summed E-state index contributed by atoms with van der Waals surface area (Å²) in [5.41, 5.74) is 8.60. The van der Waals surface area contributed by atoms with Crippen LogP contribution in [0.15, 0.2) is 47.5 Å². The number of piperazine rings is 1. The number of amides is 1. The number of carbonyl (C=O) groups excluding carboxylic acids is 2. The van der Waals surface area contributed by atoms with E-state index in [-0.39, 0.29) is 19.0 Å². The third kappa shape index (κ3) is 12.1. The molecule has 0 bridgehead atoms. The average Bonchev–Trinajstić information content (AvgIpc) is 3.04. The highest BCUT2D eigenvalue weighted by molar-refractivity contribution is 5.99. The molecule has 3 rings (SSSR count). The number of β-amino-alcohol motifs (C(OH)–C–C–N with tert-alkyl or cyclic N) is 1. The first kappa shape index (κ1) is 37.7. The Morgan fingerprint density at radius 2 is 1.74 bits per heavy atom. The van der Waals surface area contributed by atoms with E-state index in [0.29, 0.717) is 88.7 Å². The minimum atomic E-state index is -5.32. The number of aliphatic hydroxyl groups excluding tert-OH is 1. The van der Waals surface area contributed by atoms with Gasteiger partial charge in [-0.1, -0.05) is 55.8 Å². The molecular formula is C33H46F3N5O6. The predicted octanol–water partition coefficient (Wildman–Crippen LogP) is 3.13.